The van der Waals surface area contributed by atoms with Gasteiger partial charge in [0, 0.05) is 12.1 Å². The number of ketones is 1. The molecule has 2 heterocycles. The fourth-order valence-electron chi connectivity index (χ4n) is 3.62. The van der Waals surface area contributed by atoms with Crippen molar-refractivity contribution in [1.82, 2.24) is 9.80 Å². The molecule has 1 aromatic heterocycles. The minimum atomic E-state index is -0.767. The van der Waals surface area contributed by atoms with Crippen LogP contribution in [0.15, 0.2) is 46.4 Å². The molecule has 1 N–H and O–H groups in total. The third-order valence-electron chi connectivity index (χ3n) is 4.99. The Hall–Kier alpha value is -3.06. The summed E-state index contributed by atoms with van der Waals surface area (Å²) in [6.07, 6.45) is 0.691. The lowest BCUT2D eigenvalue weighted by Crippen LogP contribution is -2.32. The van der Waals surface area contributed by atoms with E-state index < -0.39 is 17.7 Å². The van der Waals surface area contributed by atoms with Gasteiger partial charge in [-0.3, -0.25) is 9.59 Å². The number of furan rings is 1. The molecule has 1 aliphatic rings. The molecule has 0 saturated carbocycles. The standard InChI is InChI=1S/C23H28N2O5/c1-5-29-17-9-6-8-16(14-17)21(26)19-20(18-11-10-15(2)30-18)25(23(28)22(19)27)13-7-12-24(3)4/h6,8-11,14,20,26H,5,7,12-13H2,1-4H3/t20-/m0/s1. The van der Waals surface area contributed by atoms with Gasteiger partial charge in [0.2, 0.25) is 0 Å². The topological polar surface area (TPSA) is 83.2 Å². The second-order valence-corrected chi connectivity index (χ2v) is 7.56. The molecule has 0 bridgehead atoms. The number of likely N-dealkylation sites (tertiary alicyclic amines) is 1. The highest BCUT2D eigenvalue weighted by Crippen LogP contribution is 2.40. The zero-order valence-corrected chi connectivity index (χ0v) is 17.8. The highest BCUT2D eigenvalue weighted by Gasteiger charge is 2.47. The number of aryl methyl sites for hydroxylation is 1. The zero-order chi connectivity index (χ0) is 21.8. The van der Waals surface area contributed by atoms with Crippen LogP contribution in [-0.2, 0) is 9.59 Å². The fourth-order valence-corrected chi connectivity index (χ4v) is 3.62. The molecule has 1 fully saturated rings. The molecule has 30 heavy (non-hydrogen) atoms. The summed E-state index contributed by atoms with van der Waals surface area (Å²) < 4.78 is 11.3. The number of Topliss-reactive ketones (excluding diaryl/α,β-unsaturated/α-hetero) is 1. The second-order valence-electron chi connectivity index (χ2n) is 7.56. The number of ether oxygens (including phenoxy) is 1. The van der Waals surface area contributed by atoms with Gasteiger partial charge in [0.15, 0.2) is 0 Å². The first kappa shape index (κ1) is 21.6. The average Bonchev–Trinajstić information content (AvgIpc) is 3.24. The van der Waals surface area contributed by atoms with E-state index in [1.165, 1.54) is 4.90 Å². The summed E-state index contributed by atoms with van der Waals surface area (Å²) in [6, 6.07) is 9.60. The summed E-state index contributed by atoms with van der Waals surface area (Å²) in [5, 5.41) is 11.0. The molecular weight excluding hydrogens is 384 g/mol. The van der Waals surface area contributed by atoms with Crippen molar-refractivity contribution in [3.05, 3.63) is 59.1 Å². The first-order chi connectivity index (χ1) is 14.3. The van der Waals surface area contributed by atoms with Crippen LogP contribution < -0.4 is 4.74 Å². The molecule has 3 rings (SSSR count). The normalized spacial score (nSPS) is 18.4. The molecule has 1 amide bonds. The monoisotopic (exact) mass is 412 g/mol. The molecule has 0 spiro atoms. The first-order valence-electron chi connectivity index (χ1n) is 10.1. The Kier molecular flexibility index (Phi) is 6.62. The van der Waals surface area contributed by atoms with Crippen LogP contribution in [0.5, 0.6) is 5.75 Å². The smallest absolute Gasteiger partial charge is 0.295 e. The first-order valence-corrected chi connectivity index (χ1v) is 10.1. The lowest BCUT2D eigenvalue weighted by molar-refractivity contribution is -0.140. The van der Waals surface area contributed by atoms with Crippen LogP contribution in [0.25, 0.3) is 5.76 Å². The Morgan fingerprint density at radius 2 is 2.00 bits per heavy atom. The van der Waals surface area contributed by atoms with E-state index in [0.717, 1.165) is 6.54 Å². The maximum atomic E-state index is 12.9. The van der Waals surface area contributed by atoms with Crippen LogP contribution in [-0.4, -0.2) is 60.4 Å². The Morgan fingerprint density at radius 1 is 1.23 bits per heavy atom. The number of aliphatic hydroxyl groups excluding tert-OH is 1. The van der Waals surface area contributed by atoms with Crippen molar-refractivity contribution in [1.29, 1.82) is 0 Å². The Balaban J connectivity index is 2.06. The molecule has 1 aliphatic heterocycles. The summed E-state index contributed by atoms with van der Waals surface area (Å²) in [6.45, 7) is 5.29. The number of nitrogens with zero attached hydrogens (tertiary/aromatic N) is 2. The Morgan fingerprint density at radius 3 is 2.63 bits per heavy atom. The van der Waals surface area contributed by atoms with Gasteiger partial charge in [0.1, 0.15) is 29.1 Å². The molecule has 1 atom stereocenters. The van der Waals surface area contributed by atoms with Crippen molar-refractivity contribution in [2.45, 2.75) is 26.3 Å². The molecule has 7 heteroatoms. The zero-order valence-electron chi connectivity index (χ0n) is 17.8. The van der Waals surface area contributed by atoms with Crippen LogP contribution in [0.4, 0.5) is 0 Å². The maximum absolute atomic E-state index is 12.9. The number of benzene rings is 1. The molecule has 0 aliphatic carbocycles. The number of carbonyl (C=O) groups excluding carboxylic acids is 2. The van der Waals surface area contributed by atoms with Crippen molar-refractivity contribution < 1.29 is 23.8 Å². The molecular formula is C23H28N2O5. The summed E-state index contributed by atoms with van der Waals surface area (Å²) >= 11 is 0. The van der Waals surface area contributed by atoms with E-state index in [1.807, 2.05) is 25.9 Å². The van der Waals surface area contributed by atoms with Crippen molar-refractivity contribution in [3.8, 4) is 5.75 Å². The summed E-state index contributed by atoms with van der Waals surface area (Å²) in [5.74, 6) is 0.131. The summed E-state index contributed by atoms with van der Waals surface area (Å²) in [7, 11) is 3.90. The minimum Gasteiger partial charge on any atom is -0.507 e. The van der Waals surface area contributed by atoms with Crippen LogP contribution >= 0.6 is 0 Å². The fraction of sp³-hybridized carbons (Fsp3) is 0.391. The van der Waals surface area contributed by atoms with Gasteiger partial charge in [-0.15, -0.1) is 0 Å². The van der Waals surface area contributed by atoms with Gasteiger partial charge in [-0.05, 0) is 65.2 Å². The van der Waals surface area contributed by atoms with Gasteiger partial charge in [-0.25, -0.2) is 0 Å². The molecule has 2 aromatic rings. The molecule has 0 unspecified atom stereocenters. The van der Waals surface area contributed by atoms with Crippen LogP contribution in [0.1, 0.15) is 36.5 Å². The maximum Gasteiger partial charge on any atom is 0.295 e. The second kappa shape index (κ2) is 9.17. The predicted molar refractivity (Wildman–Crippen MR) is 113 cm³/mol. The van der Waals surface area contributed by atoms with E-state index in [0.29, 0.717) is 42.4 Å². The van der Waals surface area contributed by atoms with E-state index in [1.54, 1.807) is 43.3 Å². The van der Waals surface area contributed by atoms with Crippen LogP contribution in [0, 0.1) is 6.92 Å². The van der Waals surface area contributed by atoms with Crippen molar-refractivity contribution in [3.63, 3.8) is 0 Å². The molecule has 1 aromatic carbocycles. The number of hydrogen-bond acceptors (Lipinski definition) is 6. The highest BCUT2D eigenvalue weighted by atomic mass is 16.5. The van der Waals surface area contributed by atoms with E-state index in [2.05, 4.69) is 0 Å². The van der Waals surface area contributed by atoms with Crippen molar-refractivity contribution in [2.24, 2.45) is 0 Å². The largest absolute Gasteiger partial charge is 0.507 e. The average molecular weight is 412 g/mol. The number of amides is 1. The van der Waals surface area contributed by atoms with E-state index in [-0.39, 0.29) is 11.3 Å². The lowest BCUT2D eigenvalue weighted by atomic mass is 9.99. The lowest BCUT2D eigenvalue weighted by Gasteiger charge is -2.24. The molecule has 160 valence electrons. The number of rotatable bonds is 8. The van der Waals surface area contributed by atoms with Crippen molar-refractivity contribution in [2.75, 3.05) is 33.8 Å². The van der Waals surface area contributed by atoms with E-state index >= 15 is 0 Å². The minimum absolute atomic E-state index is 0.0350. The van der Waals surface area contributed by atoms with Crippen LogP contribution in [0.2, 0.25) is 0 Å². The predicted octanol–water partition coefficient (Wildman–Crippen LogP) is 3.36. The van der Waals surface area contributed by atoms with Gasteiger partial charge in [-0.2, -0.15) is 0 Å². The number of hydrogen-bond donors (Lipinski definition) is 1. The van der Waals surface area contributed by atoms with Crippen molar-refractivity contribution >= 4 is 17.4 Å². The summed E-state index contributed by atoms with van der Waals surface area (Å²) in [4.78, 5) is 29.3. The van der Waals surface area contributed by atoms with Gasteiger partial charge in [0.25, 0.3) is 11.7 Å². The SMILES string of the molecule is CCOc1cccc(C(O)=C2C(=O)C(=O)N(CCCN(C)C)[C@H]2c2ccc(C)o2)c1. The van der Waals surface area contributed by atoms with E-state index in [4.69, 9.17) is 9.15 Å². The van der Waals surface area contributed by atoms with Crippen LogP contribution in [0.3, 0.4) is 0 Å². The Bertz CT molecular complexity index is 960. The number of carbonyl (C=O) groups is 2. The van der Waals surface area contributed by atoms with Gasteiger partial charge in [-0.1, -0.05) is 12.1 Å². The molecule has 1 saturated heterocycles. The third-order valence-corrected chi connectivity index (χ3v) is 4.99. The van der Waals surface area contributed by atoms with Gasteiger partial charge >= 0.3 is 0 Å². The quantitative estimate of drug-likeness (QED) is 0.407. The van der Waals surface area contributed by atoms with E-state index in [9.17, 15) is 14.7 Å². The van der Waals surface area contributed by atoms with Gasteiger partial charge in [0.05, 0.1) is 12.2 Å². The third kappa shape index (κ3) is 4.41. The summed E-state index contributed by atoms with van der Waals surface area (Å²) in [5.41, 5.74) is 0.452. The molecule has 0 radical (unpaired) electrons. The number of aliphatic hydroxyl groups is 1. The van der Waals surface area contributed by atoms with Gasteiger partial charge < -0.3 is 24.1 Å². The highest BCUT2D eigenvalue weighted by molar-refractivity contribution is 6.46. The Labute approximate surface area is 176 Å². The molecule has 7 nitrogen and oxygen atoms in total.